The number of rotatable bonds is 7. The zero-order valence-electron chi connectivity index (χ0n) is 19.0. The normalized spacial score (nSPS) is 14.7. The highest BCUT2D eigenvalue weighted by molar-refractivity contribution is 5.94. The lowest BCUT2D eigenvalue weighted by molar-refractivity contribution is -0.118. The summed E-state index contributed by atoms with van der Waals surface area (Å²) in [5, 5.41) is 5.83. The number of amides is 2. The van der Waals surface area contributed by atoms with Crippen molar-refractivity contribution in [3.63, 3.8) is 0 Å². The molecule has 1 fully saturated rings. The van der Waals surface area contributed by atoms with Crippen LogP contribution in [0.3, 0.4) is 0 Å². The third-order valence-electron chi connectivity index (χ3n) is 5.74. The van der Waals surface area contributed by atoms with Gasteiger partial charge in [-0.2, -0.15) is 0 Å². The first-order chi connectivity index (χ1) is 14.8. The van der Waals surface area contributed by atoms with E-state index < -0.39 is 0 Å². The van der Waals surface area contributed by atoms with Crippen molar-refractivity contribution in [3.05, 3.63) is 59.7 Å². The number of anilines is 2. The summed E-state index contributed by atoms with van der Waals surface area (Å²) < 4.78 is 0. The molecule has 2 aromatic carbocycles. The molecule has 0 spiro atoms. The fourth-order valence-electron chi connectivity index (χ4n) is 3.60. The van der Waals surface area contributed by atoms with Gasteiger partial charge in [-0.15, -0.1) is 0 Å². The number of hydrogen-bond donors (Lipinski definition) is 2. The van der Waals surface area contributed by atoms with Crippen LogP contribution in [0.15, 0.2) is 48.5 Å². The minimum atomic E-state index is -0.0895. The first-order valence-corrected chi connectivity index (χ1v) is 11.1. The van der Waals surface area contributed by atoms with Crippen LogP contribution >= 0.6 is 0 Å². The molecule has 0 radical (unpaired) electrons. The van der Waals surface area contributed by atoms with E-state index in [0.29, 0.717) is 18.2 Å². The number of carbonyl (C=O) groups is 2. The fourth-order valence-corrected chi connectivity index (χ4v) is 3.60. The second-order valence-corrected chi connectivity index (χ2v) is 8.69. The van der Waals surface area contributed by atoms with Crippen LogP contribution in [-0.4, -0.2) is 48.9 Å². The van der Waals surface area contributed by atoms with Gasteiger partial charge in [-0.05, 0) is 55.8 Å². The molecule has 6 heteroatoms. The summed E-state index contributed by atoms with van der Waals surface area (Å²) in [5.74, 6) is -0.158. The van der Waals surface area contributed by atoms with E-state index in [4.69, 9.17) is 0 Å². The third kappa shape index (κ3) is 6.31. The van der Waals surface area contributed by atoms with Crippen LogP contribution in [0.25, 0.3) is 0 Å². The quantitative estimate of drug-likeness (QED) is 0.713. The number of benzene rings is 2. The standard InChI is InChI=1S/C25H34N4O2/c1-18(2)24(30)27-22-9-5-20(6-10-22)17-26-25(31)21-7-11-23(12-8-21)29-15-13-28(14-16-29)19(3)4/h5-12,18-19H,13-17H2,1-4H3,(H,26,31)(H,27,30). The second kappa shape index (κ2) is 10.4. The molecule has 2 aromatic rings. The van der Waals surface area contributed by atoms with E-state index in [1.165, 1.54) is 5.69 Å². The maximum absolute atomic E-state index is 12.5. The van der Waals surface area contributed by atoms with Crippen molar-refractivity contribution in [2.75, 3.05) is 36.4 Å². The zero-order chi connectivity index (χ0) is 22.4. The van der Waals surface area contributed by atoms with E-state index in [0.717, 1.165) is 37.4 Å². The molecule has 3 rings (SSSR count). The van der Waals surface area contributed by atoms with Crippen LogP contribution in [0.4, 0.5) is 11.4 Å². The molecule has 0 bridgehead atoms. The first-order valence-electron chi connectivity index (χ1n) is 11.1. The smallest absolute Gasteiger partial charge is 0.251 e. The summed E-state index contributed by atoms with van der Waals surface area (Å²) in [4.78, 5) is 29.1. The Morgan fingerprint density at radius 2 is 1.48 bits per heavy atom. The Morgan fingerprint density at radius 1 is 0.871 bits per heavy atom. The Balaban J connectivity index is 1.49. The van der Waals surface area contributed by atoms with E-state index >= 15 is 0 Å². The Hall–Kier alpha value is -2.86. The lowest BCUT2D eigenvalue weighted by Crippen LogP contribution is -2.48. The van der Waals surface area contributed by atoms with E-state index in [-0.39, 0.29) is 17.7 Å². The van der Waals surface area contributed by atoms with Gasteiger partial charge >= 0.3 is 0 Å². The molecule has 1 aliphatic rings. The van der Waals surface area contributed by atoms with Crippen LogP contribution in [0.1, 0.15) is 43.6 Å². The van der Waals surface area contributed by atoms with Gasteiger partial charge in [0.25, 0.3) is 5.91 Å². The van der Waals surface area contributed by atoms with Crippen molar-refractivity contribution in [2.45, 2.75) is 40.3 Å². The Kier molecular flexibility index (Phi) is 7.69. The number of nitrogens with one attached hydrogen (secondary N) is 2. The van der Waals surface area contributed by atoms with Gasteiger partial charge in [-0.3, -0.25) is 14.5 Å². The predicted octanol–water partition coefficient (Wildman–Crippen LogP) is 3.74. The monoisotopic (exact) mass is 422 g/mol. The SMILES string of the molecule is CC(C)C(=O)Nc1ccc(CNC(=O)c2ccc(N3CCN(C(C)C)CC3)cc2)cc1. The molecule has 0 unspecified atom stereocenters. The highest BCUT2D eigenvalue weighted by atomic mass is 16.2. The Bertz CT molecular complexity index is 867. The highest BCUT2D eigenvalue weighted by Crippen LogP contribution is 2.18. The summed E-state index contributed by atoms with van der Waals surface area (Å²) >= 11 is 0. The number of nitrogens with zero attached hydrogens (tertiary/aromatic N) is 2. The summed E-state index contributed by atoms with van der Waals surface area (Å²) in [6.07, 6.45) is 0. The predicted molar refractivity (Wildman–Crippen MR) is 126 cm³/mol. The van der Waals surface area contributed by atoms with Crippen molar-refractivity contribution in [2.24, 2.45) is 5.92 Å². The number of hydrogen-bond acceptors (Lipinski definition) is 4. The van der Waals surface area contributed by atoms with E-state index in [9.17, 15) is 9.59 Å². The van der Waals surface area contributed by atoms with E-state index in [2.05, 4.69) is 34.3 Å². The van der Waals surface area contributed by atoms with E-state index in [1.807, 2.05) is 62.4 Å². The highest BCUT2D eigenvalue weighted by Gasteiger charge is 2.19. The van der Waals surface area contributed by atoms with Gasteiger partial charge in [0.2, 0.25) is 5.91 Å². The van der Waals surface area contributed by atoms with Gasteiger partial charge in [-0.25, -0.2) is 0 Å². The van der Waals surface area contributed by atoms with E-state index in [1.54, 1.807) is 0 Å². The maximum atomic E-state index is 12.5. The molecule has 0 saturated carbocycles. The summed E-state index contributed by atoms with van der Waals surface area (Å²) in [7, 11) is 0. The Labute approximate surface area is 185 Å². The molecule has 31 heavy (non-hydrogen) atoms. The number of piperazine rings is 1. The summed E-state index contributed by atoms with van der Waals surface area (Å²) in [6.45, 7) is 12.8. The minimum Gasteiger partial charge on any atom is -0.369 e. The van der Waals surface area contributed by atoms with Crippen molar-refractivity contribution in [1.29, 1.82) is 0 Å². The molecule has 2 amide bonds. The average Bonchev–Trinajstić information content (AvgIpc) is 2.78. The van der Waals surface area contributed by atoms with Crippen LogP contribution in [0.2, 0.25) is 0 Å². The summed E-state index contributed by atoms with van der Waals surface area (Å²) in [6, 6.07) is 16.0. The van der Waals surface area contributed by atoms with Gasteiger partial charge in [0, 0.05) is 61.6 Å². The van der Waals surface area contributed by atoms with Crippen LogP contribution in [0, 0.1) is 5.92 Å². The maximum Gasteiger partial charge on any atom is 0.251 e. The van der Waals surface area contributed by atoms with Crippen molar-refractivity contribution < 1.29 is 9.59 Å². The van der Waals surface area contributed by atoms with Crippen molar-refractivity contribution >= 4 is 23.2 Å². The molecule has 1 heterocycles. The molecular formula is C25H34N4O2. The van der Waals surface area contributed by atoms with Crippen molar-refractivity contribution in [3.8, 4) is 0 Å². The molecule has 0 atom stereocenters. The Morgan fingerprint density at radius 3 is 2.03 bits per heavy atom. The van der Waals surface area contributed by atoms with Gasteiger partial charge in [0.05, 0.1) is 0 Å². The fraction of sp³-hybridized carbons (Fsp3) is 0.440. The second-order valence-electron chi connectivity index (χ2n) is 8.69. The molecule has 1 aliphatic heterocycles. The first kappa shape index (κ1) is 22.8. The number of carbonyl (C=O) groups excluding carboxylic acids is 2. The average molecular weight is 423 g/mol. The lowest BCUT2D eigenvalue weighted by atomic mass is 10.1. The van der Waals surface area contributed by atoms with Gasteiger partial charge in [0.15, 0.2) is 0 Å². The van der Waals surface area contributed by atoms with Gasteiger partial charge in [-0.1, -0.05) is 26.0 Å². The molecule has 2 N–H and O–H groups in total. The van der Waals surface area contributed by atoms with Crippen LogP contribution in [0.5, 0.6) is 0 Å². The van der Waals surface area contributed by atoms with Crippen LogP contribution < -0.4 is 15.5 Å². The van der Waals surface area contributed by atoms with Gasteiger partial charge in [0.1, 0.15) is 0 Å². The van der Waals surface area contributed by atoms with Crippen LogP contribution in [-0.2, 0) is 11.3 Å². The largest absolute Gasteiger partial charge is 0.369 e. The molecule has 166 valence electrons. The molecule has 6 nitrogen and oxygen atoms in total. The minimum absolute atomic E-state index is 0.00805. The topological polar surface area (TPSA) is 64.7 Å². The zero-order valence-corrected chi connectivity index (χ0v) is 19.0. The summed E-state index contributed by atoms with van der Waals surface area (Å²) in [5.41, 5.74) is 3.57. The van der Waals surface area contributed by atoms with Crippen molar-refractivity contribution in [1.82, 2.24) is 10.2 Å². The third-order valence-corrected chi connectivity index (χ3v) is 5.74. The van der Waals surface area contributed by atoms with Gasteiger partial charge < -0.3 is 15.5 Å². The molecule has 0 aromatic heterocycles. The molecule has 1 saturated heterocycles. The lowest BCUT2D eigenvalue weighted by Gasteiger charge is -2.38. The molecule has 0 aliphatic carbocycles. The molecular weight excluding hydrogens is 388 g/mol.